The molecule has 1 aromatic rings. The zero-order valence-electron chi connectivity index (χ0n) is 10.4. The van der Waals surface area contributed by atoms with Gasteiger partial charge in [0.1, 0.15) is 5.82 Å². The van der Waals surface area contributed by atoms with Gasteiger partial charge in [0.2, 0.25) is 0 Å². The molecule has 6 heteroatoms. The van der Waals surface area contributed by atoms with E-state index >= 15 is 0 Å². The monoisotopic (exact) mass is 249 g/mol. The second kappa shape index (κ2) is 6.11. The van der Waals surface area contributed by atoms with Crippen molar-refractivity contribution in [2.24, 2.45) is 0 Å². The van der Waals surface area contributed by atoms with Crippen LogP contribution in [0.3, 0.4) is 0 Å². The van der Waals surface area contributed by atoms with Gasteiger partial charge < -0.3 is 10.2 Å². The van der Waals surface area contributed by atoms with Crippen molar-refractivity contribution in [1.29, 1.82) is 0 Å². The van der Waals surface area contributed by atoms with Gasteiger partial charge in [-0.1, -0.05) is 11.8 Å². The molecule has 0 aliphatic rings. The maximum absolute atomic E-state index is 7.19. The van der Waals surface area contributed by atoms with Gasteiger partial charge in [0.15, 0.2) is 5.16 Å². The van der Waals surface area contributed by atoms with E-state index in [9.17, 15) is 0 Å². The summed E-state index contributed by atoms with van der Waals surface area (Å²) in [4.78, 5) is 13.9. The lowest BCUT2D eigenvalue weighted by Gasteiger charge is -2.08. The Morgan fingerprint density at radius 3 is 2.59 bits per heavy atom. The summed E-state index contributed by atoms with van der Waals surface area (Å²) in [5.41, 5.74) is 1.08. The van der Waals surface area contributed by atoms with Crippen molar-refractivity contribution in [2.75, 3.05) is 32.7 Å². The van der Waals surface area contributed by atoms with Crippen LogP contribution in [-0.2, 0) is 0 Å². The molecule has 1 N–H and O–H groups in total. The predicted octanol–water partition coefficient (Wildman–Crippen LogP) is 2.32. The lowest BCUT2D eigenvalue weighted by molar-refractivity contribution is 0.567. The van der Waals surface area contributed by atoms with E-state index in [0.717, 1.165) is 0 Å². The van der Waals surface area contributed by atoms with Crippen LogP contribution in [0.2, 0.25) is 0 Å². The third-order valence-electron chi connectivity index (χ3n) is 1.95. The van der Waals surface area contributed by atoms with Crippen molar-refractivity contribution in [1.82, 2.24) is 14.9 Å². The predicted molar refractivity (Wildman–Crippen MR) is 72.3 cm³/mol. The fourth-order valence-electron chi connectivity index (χ4n) is 1.16. The number of hydrogen-bond acceptors (Lipinski definition) is 5. The average molecular weight is 249 g/mol. The maximum atomic E-state index is 7.19. The van der Waals surface area contributed by atoms with Gasteiger partial charge in [0, 0.05) is 21.1 Å². The third kappa shape index (κ3) is 3.36. The van der Waals surface area contributed by atoms with Crippen LogP contribution in [0, 0.1) is 6.57 Å². The minimum atomic E-state index is 0.448. The molecule has 0 atom stereocenters. The molecule has 1 heterocycles. The lowest BCUT2D eigenvalue weighted by Crippen LogP contribution is -2.01. The van der Waals surface area contributed by atoms with Crippen molar-refractivity contribution in [3.8, 4) is 0 Å². The molecule has 0 fully saturated rings. The Morgan fingerprint density at radius 2 is 2.12 bits per heavy atom. The van der Waals surface area contributed by atoms with Crippen LogP contribution in [0.25, 0.3) is 10.9 Å². The van der Waals surface area contributed by atoms with Gasteiger partial charge in [-0.15, -0.1) is 0 Å². The summed E-state index contributed by atoms with van der Waals surface area (Å²) in [5, 5.41) is 3.58. The number of hydrogen-bond donors (Lipinski definition) is 1. The van der Waals surface area contributed by atoms with Gasteiger partial charge in [-0.2, -0.15) is 0 Å². The van der Waals surface area contributed by atoms with E-state index < -0.39 is 0 Å². The summed E-state index contributed by atoms with van der Waals surface area (Å²) in [6.07, 6.45) is 5.59. The molecule has 1 rings (SSSR count). The number of nitrogens with one attached hydrogen (secondary N) is 1. The van der Waals surface area contributed by atoms with Crippen molar-refractivity contribution in [3.63, 3.8) is 0 Å². The average Bonchev–Trinajstić information content (AvgIpc) is 2.34. The molecule has 0 amide bonds. The highest BCUT2D eigenvalue weighted by Crippen LogP contribution is 2.29. The van der Waals surface area contributed by atoms with E-state index in [-0.39, 0.29) is 0 Å². The molecule has 5 nitrogen and oxygen atoms in total. The largest absolute Gasteiger partial charge is 0.383 e. The van der Waals surface area contributed by atoms with Gasteiger partial charge in [-0.3, -0.25) is 0 Å². The second-order valence-corrected chi connectivity index (χ2v) is 4.21. The lowest BCUT2D eigenvalue weighted by atomic mass is 10.3. The topological polar surface area (TPSA) is 45.4 Å². The van der Waals surface area contributed by atoms with E-state index in [1.807, 2.05) is 37.5 Å². The Labute approximate surface area is 106 Å². The van der Waals surface area contributed by atoms with Crippen molar-refractivity contribution < 1.29 is 0 Å². The first-order valence-corrected chi connectivity index (χ1v) is 6.20. The summed E-state index contributed by atoms with van der Waals surface area (Å²) in [5.74, 6) is 0.567. The number of thioether (sulfide) groups is 1. The fourth-order valence-corrected chi connectivity index (χ4v) is 1.53. The molecule has 0 spiro atoms. The number of anilines is 1. The van der Waals surface area contributed by atoms with Crippen LogP contribution in [0.5, 0.6) is 0 Å². The van der Waals surface area contributed by atoms with E-state index in [2.05, 4.69) is 20.1 Å². The zero-order valence-corrected chi connectivity index (χ0v) is 11.2. The van der Waals surface area contributed by atoms with Gasteiger partial charge in [-0.05, 0) is 18.5 Å². The van der Waals surface area contributed by atoms with Gasteiger partial charge in [-0.25, -0.2) is 14.8 Å². The smallest absolute Gasteiger partial charge is 0.253 e. The first-order chi connectivity index (χ1) is 8.12. The number of nitrogens with zero attached hydrogens (tertiary/aromatic N) is 4. The van der Waals surface area contributed by atoms with Crippen LogP contribution < -0.4 is 5.32 Å². The molecule has 0 bridgehead atoms. The molecule has 0 aromatic carbocycles. The van der Waals surface area contributed by atoms with Crippen LogP contribution in [-0.4, -0.2) is 42.3 Å². The van der Waals surface area contributed by atoms with E-state index in [4.69, 9.17) is 6.57 Å². The molecule has 0 aliphatic heterocycles. The highest BCUT2D eigenvalue weighted by Gasteiger charge is 2.11. The molecule has 0 aliphatic carbocycles. The third-order valence-corrected chi connectivity index (χ3v) is 2.50. The van der Waals surface area contributed by atoms with Crippen molar-refractivity contribution in [2.45, 2.75) is 5.16 Å². The summed E-state index contributed by atoms with van der Waals surface area (Å²) >= 11 is 1.45. The van der Waals surface area contributed by atoms with Crippen LogP contribution >= 0.6 is 11.8 Å². The van der Waals surface area contributed by atoms with Crippen molar-refractivity contribution >= 4 is 29.3 Å². The van der Waals surface area contributed by atoms with E-state index in [0.29, 0.717) is 22.4 Å². The quantitative estimate of drug-likeness (QED) is 0.504. The number of rotatable bonds is 4. The Hall–Kier alpha value is -1.74. The fraction of sp³-hybridized carbons (Fsp3) is 0.364. The first-order valence-electron chi connectivity index (χ1n) is 4.98. The SMILES string of the molecule is [C-]#[N+]c1c(/C=C/N(C)C)nc(SC)nc1NC. The maximum Gasteiger partial charge on any atom is 0.253 e. The Kier molecular flexibility index (Phi) is 4.79. The van der Waals surface area contributed by atoms with E-state index in [1.165, 1.54) is 11.8 Å². The summed E-state index contributed by atoms with van der Waals surface area (Å²) in [6, 6.07) is 0. The standard InChI is InChI=1S/C11H15N5S/c1-12-9-8(6-7-16(3)4)14-11(17-5)15-10(9)13-2/h6-7H,2-5H3,(H,13,14,15)/b7-6+. The highest BCUT2D eigenvalue weighted by atomic mass is 32.2. The molecule has 0 unspecified atom stereocenters. The Bertz CT molecular complexity index is 462. The molecule has 0 radical (unpaired) electrons. The molecule has 0 saturated carbocycles. The minimum Gasteiger partial charge on any atom is -0.383 e. The Balaban J connectivity index is 3.30. The molecular formula is C11H15N5S. The summed E-state index contributed by atoms with van der Waals surface area (Å²) in [7, 11) is 5.59. The second-order valence-electron chi connectivity index (χ2n) is 3.43. The van der Waals surface area contributed by atoms with Gasteiger partial charge >= 0.3 is 0 Å². The van der Waals surface area contributed by atoms with Crippen LogP contribution in [0.4, 0.5) is 11.5 Å². The molecule has 17 heavy (non-hydrogen) atoms. The van der Waals surface area contributed by atoms with Crippen molar-refractivity contribution in [3.05, 3.63) is 23.3 Å². The molecule has 0 saturated heterocycles. The normalized spacial score (nSPS) is 10.3. The first kappa shape index (κ1) is 13.3. The minimum absolute atomic E-state index is 0.448. The van der Waals surface area contributed by atoms with Gasteiger partial charge in [0.05, 0.1) is 12.3 Å². The number of aromatic nitrogens is 2. The zero-order chi connectivity index (χ0) is 12.8. The summed E-state index contributed by atoms with van der Waals surface area (Å²) < 4.78 is 0. The van der Waals surface area contributed by atoms with E-state index in [1.54, 1.807) is 7.05 Å². The molecule has 90 valence electrons. The molecule has 1 aromatic heterocycles. The van der Waals surface area contributed by atoms with Crippen LogP contribution in [0.1, 0.15) is 5.69 Å². The van der Waals surface area contributed by atoms with Gasteiger partial charge in [0.25, 0.3) is 5.69 Å². The Morgan fingerprint density at radius 1 is 1.41 bits per heavy atom. The molecular weight excluding hydrogens is 234 g/mol. The van der Waals surface area contributed by atoms with Crippen LogP contribution in [0.15, 0.2) is 11.4 Å². The summed E-state index contributed by atoms with van der Waals surface area (Å²) in [6.45, 7) is 7.19. The highest BCUT2D eigenvalue weighted by molar-refractivity contribution is 7.98.